The van der Waals surface area contributed by atoms with Gasteiger partial charge < -0.3 is 10.5 Å². The Balaban J connectivity index is 2.92. The van der Waals surface area contributed by atoms with Crippen LogP contribution in [0.25, 0.3) is 0 Å². The molecule has 20 heavy (non-hydrogen) atoms. The smallest absolute Gasteiger partial charge is 0.311 e. The highest BCUT2D eigenvalue weighted by molar-refractivity contribution is 5.48. The Hall–Kier alpha value is -2.13. The molecule has 0 bridgehead atoms. The first-order valence-corrected chi connectivity index (χ1v) is 6.43. The molecule has 6 nitrogen and oxygen atoms in total. The molecule has 0 aromatic heterocycles. The van der Waals surface area contributed by atoms with Gasteiger partial charge in [0.25, 0.3) is 0 Å². The third kappa shape index (κ3) is 4.21. The highest BCUT2D eigenvalue weighted by atomic mass is 16.6. The molecule has 0 aliphatic carbocycles. The monoisotopic (exact) mass is 277 g/mol. The van der Waals surface area contributed by atoms with Gasteiger partial charge in [0.1, 0.15) is 5.54 Å². The average molecular weight is 277 g/mol. The number of nitrogens with zero attached hydrogens (tertiary/aromatic N) is 2. The predicted molar refractivity (Wildman–Crippen MR) is 75.4 cm³/mol. The number of nitro benzene ring substituents is 1. The lowest BCUT2D eigenvalue weighted by atomic mass is 9.98. The van der Waals surface area contributed by atoms with Gasteiger partial charge in [-0.1, -0.05) is 13.0 Å². The van der Waals surface area contributed by atoms with Gasteiger partial charge in [0, 0.05) is 12.5 Å². The molecule has 0 saturated carbocycles. The lowest BCUT2D eigenvalue weighted by Crippen LogP contribution is -2.38. The lowest BCUT2D eigenvalue weighted by molar-refractivity contribution is -0.386. The molecule has 0 radical (unpaired) electrons. The summed E-state index contributed by atoms with van der Waals surface area (Å²) in [6.07, 6.45) is 0.609. The van der Waals surface area contributed by atoms with E-state index < -0.39 is 16.6 Å². The van der Waals surface area contributed by atoms with Crippen molar-refractivity contribution in [3.63, 3.8) is 0 Å². The molecular formula is C14H19N3O3. The number of hydrogen-bond donors (Lipinski definition) is 1. The normalized spacial score (nSPS) is 14.9. The van der Waals surface area contributed by atoms with Gasteiger partial charge in [-0.15, -0.1) is 0 Å². The van der Waals surface area contributed by atoms with E-state index in [4.69, 9.17) is 15.7 Å². The van der Waals surface area contributed by atoms with Crippen LogP contribution in [-0.2, 0) is 6.42 Å². The summed E-state index contributed by atoms with van der Waals surface area (Å²) < 4.78 is 5.57. The number of nitrogens with two attached hydrogens (primary N) is 1. The van der Waals surface area contributed by atoms with Gasteiger partial charge in [-0.2, -0.15) is 5.26 Å². The number of nitro groups is 1. The zero-order valence-corrected chi connectivity index (χ0v) is 11.9. The van der Waals surface area contributed by atoms with Crippen molar-refractivity contribution in [2.24, 2.45) is 5.73 Å². The Kier molecular flexibility index (Phi) is 5.06. The van der Waals surface area contributed by atoms with Gasteiger partial charge in [-0.25, -0.2) is 0 Å². The summed E-state index contributed by atoms with van der Waals surface area (Å²) in [6.45, 7) is 5.26. The SMILES string of the molecule is CCc1ccc(OC(C)CC(C)(N)C#N)c([N+](=O)[O-])c1. The van der Waals surface area contributed by atoms with Crippen molar-refractivity contribution in [2.75, 3.05) is 0 Å². The van der Waals surface area contributed by atoms with E-state index >= 15 is 0 Å². The standard InChI is InChI=1S/C14H19N3O3/c1-4-11-5-6-13(12(7-11)17(18)19)20-10(2)8-14(3,16)9-15/h5-7,10H,4,8,16H2,1-3H3. The minimum absolute atomic E-state index is 0.0631. The van der Waals surface area contributed by atoms with Crippen molar-refractivity contribution in [3.8, 4) is 11.8 Å². The number of hydrogen-bond acceptors (Lipinski definition) is 5. The summed E-state index contributed by atoms with van der Waals surface area (Å²) in [5, 5.41) is 19.9. The summed E-state index contributed by atoms with van der Waals surface area (Å²) in [4.78, 5) is 10.6. The largest absolute Gasteiger partial charge is 0.484 e. The van der Waals surface area contributed by atoms with Crippen molar-refractivity contribution in [1.29, 1.82) is 5.26 Å². The van der Waals surface area contributed by atoms with Crippen molar-refractivity contribution >= 4 is 5.69 Å². The highest BCUT2D eigenvalue weighted by Gasteiger charge is 2.24. The molecule has 0 fully saturated rings. The van der Waals surface area contributed by atoms with E-state index in [-0.39, 0.29) is 17.9 Å². The van der Waals surface area contributed by atoms with Gasteiger partial charge in [0.2, 0.25) is 0 Å². The van der Waals surface area contributed by atoms with Gasteiger partial charge in [0.05, 0.1) is 17.1 Å². The topological polar surface area (TPSA) is 102 Å². The Bertz CT molecular complexity index is 535. The van der Waals surface area contributed by atoms with Crippen molar-refractivity contribution in [3.05, 3.63) is 33.9 Å². The highest BCUT2D eigenvalue weighted by Crippen LogP contribution is 2.30. The second-order valence-electron chi connectivity index (χ2n) is 5.07. The second-order valence-corrected chi connectivity index (χ2v) is 5.07. The van der Waals surface area contributed by atoms with E-state index in [1.54, 1.807) is 26.0 Å². The van der Waals surface area contributed by atoms with Crippen LogP contribution in [-0.4, -0.2) is 16.6 Å². The summed E-state index contributed by atoms with van der Waals surface area (Å²) in [7, 11) is 0. The zero-order chi connectivity index (χ0) is 15.3. The molecule has 2 unspecified atom stereocenters. The number of rotatable bonds is 6. The van der Waals surface area contributed by atoms with E-state index in [1.165, 1.54) is 6.07 Å². The van der Waals surface area contributed by atoms with E-state index in [1.807, 2.05) is 13.0 Å². The molecule has 0 saturated heterocycles. The minimum Gasteiger partial charge on any atom is -0.484 e. The summed E-state index contributed by atoms with van der Waals surface area (Å²) in [5.74, 6) is 0.202. The Morgan fingerprint density at radius 2 is 2.25 bits per heavy atom. The molecule has 1 rings (SSSR count). The van der Waals surface area contributed by atoms with Gasteiger partial charge in [-0.05, 0) is 31.9 Å². The molecule has 1 aromatic carbocycles. The fourth-order valence-electron chi connectivity index (χ4n) is 1.93. The molecule has 108 valence electrons. The molecule has 2 N–H and O–H groups in total. The molecule has 1 aromatic rings. The minimum atomic E-state index is -1.02. The lowest BCUT2D eigenvalue weighted by Gasteiger charge is -2.21. The summed E-state index contributed by atoms with van der Waals surface area (Å²) in [6, 6.07) is 6.87. The third-order valence-corrected chi connectivity index (χ3v) is 2.92. The van der Waals surface area contributed by atoms with Crippen LogP contribution in [0.5, 0.6) is 5.75 Å². The van der Waals surface area contributed by atoms with Crippen molar-refractivity contribution < 1.29 is 9.66 Å². The van der Waals surface area contributed by atoms with E-state index in [9.17, 15) is 10.1 Å². The van der Waals surface area contributed by atoms with Crippen molar-refractivity contribution in [2.45, 2.75) is 45.3 Å². The van der Waals surface area contributed by atoms with Crippen LogP contribution in [0.1, 0.15) is 32.8 Å². The number of ether oxygens (including phenoxy) is 1. The van der Waals surface area contributed by atoms with Crippen LogP contribution in [0.15, 0.2) is 18.2 Å². The zero-order valence-electron chi connectivity index (χ0n) is 11.9. The molecule has 0 spiro atoms. The molecule has 0 amide bonds. The maximum Gasteiger partial charge on any atom is 0.311 e. The third-order valence-electron chi connectivity index (χ3n) is 2.92. The fraction of sp³-hybridized carbons (Fsp3) is 0.500. The molecule has 0 aliphatic rings. The van der Waals surface area contributed by atoms with Crippen LogP contribution < -0.4 is 10.5 Å². The predicted octanol–water partition coefficient (Wildman–Crippen LogP) is 2.56. The average Bonchev–Trinajstić information content (AvgIpc) is 2.38. The Morgan fingerprint density at radius 3 is 2.75 bits per heavy atom. The van der Waals surface area contributed by atoms with Gasteiger partial charge >= 0.3 is 5.69 Å². The number of benzene rings is 1. The first-order chi connectivity index (χ1) is 9.29. The van der Waals surface area contributed by atoms with E-state index in [2.05, 4.69) is 0 Å². The summed E-state index contributed by atoms with van der Waals surface area (Å²) in [5.41, 5.74) is 5.53. The Labute approximate surface area is 118 Å². The molecule has 6 heteroatoms. The van der Waals surface area contributed by atoms with Crippen LogP contribution in [0.3, 0.4) is 0 Å². The number of nitriles is 1. The first kappa shape index (κ1) is 15.9. The quantitative estimate of drug-likeness (QED) is 0.635. The molecule has 0 aliphatic heterocycles. The van der Waals surface area contributed by atoms with Gasteiger partial charge in [-0.3, -0.25) is 10.1 Å². The maximum atomic E-state index is 11.1. The second kappa shape index (κ2) is 6.35. The maximum absolute atomic E-state index is 11.1. The van der Waals surface area contributed by atoms with Gasteiger partial charge in [0.15, 0.2) is 5.75 Å². The molecule has 0 heterocycles. The van der Waals surface area contributed by atoms with Crippen LogP contribution in [0.2, 0.25) is 0 Å². The Morgan fingerprint density at radius 1 is 1.60 bits per heavy atom. The fourth-order valence-corrected chi connectivity index (χ4v) is 1.93. The first-order valence-electron chi connectivity index (χ1n) is 6.43. The summed E-state index contributed by atoms with van der Waals surface area (Å²) >= 11 is 0. The molecule has 2 atom stereocenters. The van der Waals surface area contributed by atoms with Crippen LogP contribution in [0, 0.1) is 21.4 Å². The van der Waals surface area contributed by atoms with Crippen LogP contribution >= 0.6 is 0 Å². The molecular weight excluding hydrogens is 258 g/mol. The van der Waals surface area contributed by atoms with Crippen LogP contribution in [0.4, 0.5) is 5.69 Å². The van der Waals surface area contributed by atoms with Crippen molar-refractivity contribution in [1.82, 2.24) is 0 Å². The van der Waals surface area contributed by atoms with E-state index in [0.29, 0.717) is 6.42 Å². The van der Waals surface area contributed by atoms with E-state index in [0.717, 1.165) is 5.56 Å². The number of aryl methyl sites for hydroxylation is 1.